The Morgan fingerprint density at radius 2 is 2.00 bits per heavy atom. The van der Waals surface area contributed by atoms with E-state index in [1.165, 1.54) is 5.56 Å². The third-order valence-corrected chi connectivity index (χ3v) is 4.40. The van der Waals surface area contributed by atoms with E-state index in [1.54, 1.807) is 30.0 Å². The van der Waals surface area contributed by atoms with Crippen molar-refractivity contribution in [1.82, 2.24) is 9.55 Å². The first-order valence-electron chi connectivity index (χ1n) is 6.51. The van der Waals surface area contributed by atoms with E-state index in [1.807, 2.05) is 29.8 Å². The SMILES string of the molecule is Cn1c(SCc2ccccc2)nc2cc(C(=O)O)ccc21. The van der Waals surface area contributed by atoms with Crippen molar-refractivity contribution >= 4 is 28.8 Å². The van der Waals surface area contributed by atoms with Gasteiger partial charge >= 0.3 is 5.97 Å². The lowest BCUT2D eigenvalue weighted by Crippen LogP contribution is -1.95. The van der Waals surface area contributed by atoms with Crippen molar-refractivity contribution in [2.45, 2.75) is 10.9 Å². The van der Waals surface area contributed by atoms with Crippen LogP contribution in [0.25, 0.3) is 11.0 Å². The lowest BCUT2D eigenvalue weighted by atomic mass is 10.2. The maximum Gasteiger partial charge on any atom is 0.335 e. The van der Waals surface area contributed by atoms with Crippen LogP contribution in [0.4, 0.5) is 0 Å². The molecular weight excluding hydrogens is 284 g/mol. The summed E-state index contributed by atoms with van der Waals surface area (Å²) < 4.78 is 1.99. The molecule has 1 aromatic heterocycles. The van der Waals surface area contributed by atoms with E-state index < -0.39 is 5.97 Å². The number of aryl methyl sites for hydroxylation is 1. The van der Waals surface area contributed by atoms with Gasteiger partial charge in [-0.1, -0.05) is 42.1 Å². The summed E-state index contributed by atoms with van der Waals surface area (Å²) in [6, 6.07) is 15.2. The molecule has 4 nitrogen and oxygen atoms in total. The fraction of sp³-hybridized carbons (Fsp3) is 0.125. The highest BCUT2D eigenvalue weighted by Gasteiger charge is 2.11. The second-order valence-electron chi connectivity index (χ2n) is 4.74. The zero-order chi connectivity index (χ0) is 14.8. The third kappa shape index (κ3) is 2.78. The lowest BCUT2D eigenvalue weighted by Gasteiger charge is -2.02. The second kappa shape index (κ2) is 5.61. The number of aromatic nitrogens is 2. The number of hydrogen-bond donors (Lipinski definition) is 1. The number of imidazole rings is 1. The molecule has 3 aromatic rings. The van der Waals surface area contributed by atoms with Crippen molar-refractivity contribution in [3.05, 3.63) is 59.7 Å². The number of fused-ring (bicyclic) bond motifs is 1. The zero-order valence-electron chi connectivity index (χ0n) is 11.5. The van der Waals surface area contributed by atoms with E-state index in [9.17, 15) is 4.79 Å². The van der Waals surface area contributed by atoms with Crippen LogP contribution in [-0.2, 0) is 12.8 Å². The van der Waals surface area contributed by atoms with E-state index >= 15 is 0 Å². The van der Waals surface area contributed by atoms with Crippen LogP contribution in [0, 0.1) is 0 Å². The maximum absolute atomic E-state index is 11.0. The molecule has 0 saturated heterocycles. The molecule has 0 amide bonds. The minimum Gasteiger partial charge on any atom is -0.478 e. The standard InChI is InChI=1S/C16H14N2O2S/c1-18-14-8-7-12(15(19)20)9-13(14)17-16(18)21-10-11-5-3-2-4-6-11/h2-9H,10H2,1H3,(H,19,20). The lowest BCUT2D eigenvalue weighted by molar-refractivity contribution is 0.0697. The van der Waals surface area contributed by atoms with Gasteiger partial charge < -0.3 is 9.67 Å². The van der Waals surface area contributed by atoms with Gasteiger partial charge in [-0.15, -0.1) is 0 Å². The molecule has 0 saturated carbocycles. The van der Waals surface area contributed by atoms with Crippen molar-refractivity contribution in [2.24, 2.45) is 7.05 Å². The van der Waals surface area contributed by atoms with Gasteiger partial charge in [0.2, 0.25) is 0 Å². The Hall–Kier alpha value is -2.27. The first-order chi connectivity index (χ1) is 10.1. The summed E-state index contributed by atoms with van der Waals surface area (Å²) in [6.07, 6.45) is 0. The maximum atomic E-state index is 11.0. The summed E-state index contributed by atoms with van der Waals surface area (Å²) in [4.78, 5) is 15.5. The largest absolute Gasteiger partial charge is 0.478 e. The quantitative estimate of drug-likeness (QED) is 0.748. The summed E-state index contributed by atoms with van der Waals surface area (Å²) in [5.74, 6) is -0.0925. The molecule has 3 rings (SSSR count). The van der Waals surface area contributed by atoms with E-state index in [4.69, 9.17) is 5.11 Å². The van der Waals surface area contributed by atoms with Crippen LogP contribution in [0.1, 0.15) is 15.9 Å². The van der Waals surface area contributed by atoms with Gasteiger partial charge in [0.1, 0.15) is 0 Å². The topological polar surface area (TPSA) is 55.1 Å². The molecule has 0 spiro atoms. The van der Waals surface area contributed by atoms with Crippen LogP contribution >= 0.6 is 11.8 Å². The molecule has 0 fully saturated rings. The predicted octanol–water partition coefficient (Wildman–Crippen LogP) is 3.56. The molecule has 0 aliphatic rings. The van der Waals surface area contributed by atoms with Gasteiger partial charge in [-0.3, -0.25) is 0 Å². The van der Waals surface area contributed by atoms with Gasteiger partial charge in [0.25, 0.3) is 0 Å². The first-order valence-corrected chi connectivity index (χ1v) is 7.50. The molecule has 0 unspecified atom stereocenters. The molecule has 0 aliphatic carbocycles. The summed E-state index contributed by atoms with van der Waals surface area (Å²) >= 11 is 1.64. The van der Waals surface area contributed by atoms with Crippen molar-refractivity contribution in [3.8, 4) is 0 Å². The number of carboxylic acids is 1. The second-order valence-corrected chi connectivity index (χ2v) is 5.68. The summed E-state index contributed by atoms with van der Waals surface area (Å²) in [5, 5.41) is 9.92. The molecule has 1 heterocycles. The molecule has 2 aromatic carbocycles. The number of nitrogens with zero attached hydrogens (tertiary/aromatic N) is 2. The predicted molar refractivity (Wildman–Crippen MR) is 83.7 cm³/mol. The summed E-state index contributed by atoms with van der Waals surface area (Å²) in [5.41, 5.74) is 3.16. The number of thioether (sulfide) groups is 1. The van der Waals surface area contributed by atoms with Crippen molar-refractivity contribution in [3.63, 3.8) is 0 Å². The smallest absolute Gasteiger partial charge is 0.335 e. The number of rotatable bonds is 4. The number of carboxylic acid groups (broad SMARTS) is 1. The number of carbonyl (C=O) groups is 1. The fourth-order valence-corrected chi connectivity index (χ4v) is 3.11. The van der Waals surface area contributed by atoms with Crippen LogP contribution in [-0.4, -0.2) is 20.6 Å². The zero-order valence-corrected chi connectivity index (χ0v) is 12.3. The van der Waals surface area contributed by atoms with Crippen LogP contribution in [0.5, 0.6) is 0 Å². The van der Waals surface area contributed by atoms with Crippen molar-refractivity contribution in [2.75, 3.05) is 0 Å². The molecule has 21 heavy (non-hydrogen) atoms. The van der Waals surface area contributed by atoms with E-state index in [2.05, 4.69) is 17.1 Å². The van der Waals surface area contributed by atoms with Crippen LogP contribution in [0.2, 0.25) is 0 Å². The van der Waals surface area contributed by atoms with Crippen molar-refractivity contribution < 1.29 is 9.90 Å². The Morgan fingerprint density at radius 3 is 2.71 bits per heavy atom. The number of benzene rings is 2. The van der Waals surface area contributed by atoms with Crippen LogP contribution in [0.15, 0.2) is 53.7 Å². The minimum absolute atomic E-state index is 0.264. The normalized spacial score (nSPS) is 10.9. The van der Waals surface area contributed by atoms with Gasteiger partial charge in [-0.25, -0.2) is 9.78 Å². The number of aromatic carboxylic acids is 1. The Kier molecular flexibility index (Phi) is 3.66. The van der Waals surface area contributed by atoms with Gasteiger partial charge in [-0.2, -0.15) is 0 Å². The van der Waals surface area contributed by atoms with Crippen LogP contribution < -0.4 is 0 Å². The molecule has 0 aliphatic heterocycles. The minimum atomic E-state index is -0.930. The van der Waals surface area contributed by atoms with Crippen LogP contribution in [0.3, 0.4) is 0 Å². The Bertz CT molecular complexity index is 797. The molecule has 0 bridgehead atoms. The Balaban J connectivity index is 1.89. The van der Waals surface area contributed by atoms with Crippen molar-refractivity contribution in [1.29, 1.82) is 0 Å². The monoisotopic (exact) mass is 298 g/mol. The molecule has 106 valence electrons. The molecule has 1 N–H and O–H groups in total. The van der Waals surface area contributed by atoms with Gasteiger partial charge in [0, 0.05) is 12.8 Å². The highest BCUT2D eigenvalue weighted by Crippen LogP contribution is 2.26. The Labute approximate surface area is 126 Å². The van der Waals surface area contributed by atoms with E-state index in [0.29, 0.717) is 5.52 Å². The third-order valence-electron chi connectivity index (χ3n) is 3.30. The van der Waals surface area contributed by atoms with Gasteiger partial charge in [0.15, 0.2) is 5.16 Å². The average molecular weight is 298 g/mol. The fourth-order valence-electron chi connectivity index (χ4n) is 2.16. The first kappa shape index (κ1) is 13.7. The van der Waals surface area contributed by atoms with Gasteiger partial charge in [0.05, 0.1) is 16.6 Å². The Morgan fingerprint density at radius 1 is 1.24 bits per heavy atom. The molecule has 5 heteroatoms. The molecular formula is C16H14N2O2S. The van der Waals surface area contributed by atoms with E-state index in [-0.39, 0.29) is 5.56 Å². The van der Waals surface area contributed by atoms with E-state index in [0.717, 1.165) is 16.4 Å². The molecule has 0 radical (unpaired) electrons. The summed E-state index contributed by atoms with van der Waals surface area (Å²) in [7, 11) is 1.95. The molecule has 0 atom stereocenters. The highest BCUT2D eigenvalue weighted by atomic mass is 32.2. The van der Waals surface area contributed by atoms with Gasteiger partial charge in [-0.05, 0) is 23.8 Å². The average Bonchev–Trinajstić information content (AvgIpc) is 2.82. The summed E-state index contributed by atoms with van der Waals surface area (Å²) in [6.45, 7) is 0. The highest BCUT2D eigenvalue weighted by molar-refractivity contribution is 7.98. The number of hydrogen-bond acceptors (Lipinski definition) is 3.